The first kappa shape index (κ1) is 13.9. The van der Waals surface area contributed by atoms with E-state index in [0.717, 1.165) is 12.0 Å². The third-order valence-electron chi connectivity index (χ3n) is 3.43. The van der Waals surface area contributed by atoms with Gasteiger partial charge in [-0.2, -0.15) is 0 Å². The third-order valence-corrected chi connectivity index (χ3v) is 3.78. The molecule has 0 heterocycles. The van der Waals surface area contributed by atoms with Crippen molar-refractivity contribution in [3.05, 3.63) is 34.9 Å². The lowest BCUT2D eigenvalue weighted by Crippen LogP contribution is -2.36. The Labute approximate surface area is 117 Å². The number of amides is 1. The molecule has 4 nitrogen and oxygen atoms in total. The van der Waals surface area contributed by atoms with Crippen molar-refractivity contribution in [2.45, 2.75) is 19.3 Å². The SMILES string of the molecule is CCN(CC(=O)O)C(=O)[C@H]1C[C@H]1c1ccccc1Cl. The van der Waals surface area contributed by atoms with Crippen molar-refractivity contribution in [2.24, 2.45) is 5.92 Å². The summed E-state index contributed by atoms with van der Waals surface area (Å²) >= 11 is 6.11. The van der Waals surface area contributed by atoms with Crippen LogP contribution in [0.2, 0.25) is 5.02 Å². The number of hydrogen-bond donors (Lipinski definition) is 1. The molecule has 19 heavy (non-hydrogen) atoms. The standard InChI is InChI=1S/C14H16ClNO3/c1-2-16(8-13(17)18)14(19)11-7-10(11)9-5-3-4-6-12(9)15/h3-6,10-11H,2,7-8H2,1H3,(H,17,18)/t10-,11-/m0/s1. The number of halogens is 1. The average Bonchev–Trinajstić information content (AvgIpc) is 3.15. The molecule has 1 N–H and O–H groups in total. The second kappa shape index (κ2) is 5.61. The van der Waals surface area contributed by atoms with Crippen LogP contribution in [0.15, 0.2) is 24.3 Å². The van der Waals surface area contributed by atoms with Crippen LogP contribution in [0.3, 0.4) is 0 Å². The van der Waals surface area contributed by atoms with E-state index in [1.165, 1.54) is 4.90 Å². The van der Waals surface area contributed by atoms with Gasteiger partial charge >= 0.3 is 5.97 Å². The molecule has 1 amide bonds. The van der Waals surface area contributed by atoms with Gasteiger partial charge in [-0.05, 0) is 30.9 Å². The van der Waals surface area contributed by atoms with Gasteiger partial charge in [-0.1, -0.05) is 29.8 Å². The van der Waals surface area contributed by atoms with E-state index < -0.39 is 5.97 Å². The van der Waals surface area contributed by atoms with Crippen molar-refractivity contribution in [1.82, 2.24) is 4.90 Å². The van der Waals surface area contributed by atoms with E-state index in [9.17, 15) is 9.59 Å². The molecule has 1 aromatic carbocycles. The fraction of sp³-hybridized carbons (Fsp3) is 0.429. The van der Waals surface area contributed by atoms with Gasteiger partial charge in [0, 0.05) is 17.5 Å². The Hall–Kier alpha value is -1.55. The average molecular weight is 282 g/mol. The van der Waals surface area contributed by atoms with Crippen LogP contribution in [0.5, 0.6) is 0 Å². The zero-order valence-corrected chi connectivity index (χ0v) is 11.4. The molecule has 1 aromatic rings. The van der Waals surface area contributed by atoms with E-state index in [0.29, 0.717) is 11.6 Å². The molecular weight excluding hydrogens is 266 g/mol. The van der Waals surface area contributed by atoms with Gasteiger partial charge in [0.2, 0.25) is 5.91 Å². The summed E-state index contributed by atoms with van der Waals surface area (Å²) in [6.45, 7) is 1.96. The molecule has 0 unspecified atom stereocenters. The Kier molecular flexibility index (Phi) is 4.10. The maximum atomic E-state index is 12.2. The summed E-state index contributed by atoms with van der Waals surface area (Å²) in [6.07, 6.45) is 0.749. The van der Waals surface area contributed by atoms with E-state index >= 15 is 0 Å². The van der Waals surface area contributed by atoms with Crippen LogP contribution in [-0.4, -0.2) is 35.0 Å². The van der Waals surface area contributed by atoms with Crippen molar-refractivity contribution < 1.29 is 14.7 Å². The first-order valence-corrected chi connectivity index (χ1v) is 6.67. The van der Waals surface area contributed by atoms with Gasteiger partial charge in [0.1, 0.15) is 6.54 Å². The summed E-state index contributed by atoms with van der Waals surface area (Å²) in [5.41, 5.74) is 0.980. The summed E-state index contributed by atoms with van der Waals surface area (Å²) in [4.78, 5) is 24.3. The lowest BCUT2D eigenvalue weighted by Gasteiger charge is -2.18. The minimum absolute atomic E-state index is 0.0881. The van der Waals surface area contributed by atoms with Crippen LogP contribution in [0.4, 0.5) is 0 Å². The smallest absolute Gasteiger partial charge is 0.323 e. The fourth-order valence-electron chi connectivity index (χ4n) is 2.33. The van der Waals surface area contributed by atoms with Gasteiger partial charge in [-0.25, -0.2) is 0 Å². The number of likely N-dealkylation sites (N-methyl/N-ethyl adjacent to an activating group) is 1. The topological polar surface area (TPSA) is 57.6 Å². The van der Waals surface area contributed by atoms with Crippen LogP contribution in [-0.2, 0) is 9.59 Å². The Balaban J connectivity index is 2.04. The number of carboxylic acid groups (broad SMARTS) is 1. The van der Waals surface area contributed by atoms with E-state index in [4.69, 9.17) is 16.7 Å². The number of nitrogens with zero attached hydrogens (tertiary/aromatic N) is 1. The lowest BCUT2D eigenvalue weighted by molar-refractivity contribution is -0.144. The molecule has 0 bridgehead atoms. The molecule has 102 valence electrons. The minimum atomic E-state index is -0.981. The van der Waals surface area contributed by atoms with E-state index in [-0.39, 0.29) is 24.3 Å². The van der Waals surface area contributed by atoms with Gasteiger partial charge in [0.05, 0.1) is 0 Å². The zero-order chi connectivity index (χ0) is 14.0. The van der Waals surface area contributed by atoms with Crippen molar-refractivity contribution in [3.63, 3.8) is 0 Å². The number of carbonyl (C=O) groups is 2. The monoisotopic (exact) mass is 281 g/mol. The van der Waals surface area contributed by atoms with Crippen LogP contribution in [0, 0.1) is 5.92 Å². The molecule has 0 spiro atoms. The molecule has 1 saturated carbocycles. The number of carboxylic acids is 1. The highest BCUT2D eigenvalue weighted by atomic mass is 35.5. The van der Waals surface area contributed by atoms with Gasteiger partial charge in [0.15, 0.2) is 0 Å². The van der Waals surface area contributed by atoms with Crippen molar-refractivity contribution in [1.29, 1.82) is 0 Å². The zero-order valence-electron chi connectivity index (χ0n) is 10.7. The first-order valence-electron chi connectivity index (χ1n) is 6.29. The highest BCUT2D eigenvalue weighted by Crippen LogP contribution is 2.50. The maximum Gasteiger partial charge on any atom is 0.323 e. The number of carbonyl (C=O) groups excluding carboxylic acids is 1. The second-order valence-corrected chi connectivity index (χ2v) is 5.12. The summed E-state index contributed by atoms with van der Waals surface area (Å²) in [6, 6.07) is 7.49. The molecule has 5 heteroatoms. The Morgan fingerprint density at radius 2 is 2.11 bits per heavy atom. The first-order chi connectivity index (χ1) is 9.04. The molecule has 0 radical (unpaired) electrons. The van der Waals surface area contributed by atoms with Gasteiger partial charge in [-0.3, -0.25) is 9.59 Å². The molecule has 1 aliphatic carbocycles. The van der Waals surface area contributed by atoms with Crippen molar-refractivity contribution in [2.75, 3.05) is 13.1 Å². The largest absolute Gasteiger partial charge is 0.480 e. The van der Waals surface area contributed by atoms with E-state index in [1.807, 2.05) is 24.3 Å². The predicted octanol–water partition coefficient (Wildman–Crippen LogP) is 2.38. The predicted molar refractivity (Wildman–Crippen MR) is 72.2 cm³/mol. The maximum absolute atomic E-state index is 12.2. The van der Waals surface area contributed by atoms with Crippen molar-refractivity contribution in [3.8, 4) is 0 Å². The number of rotatable bonds is 5. The summed E-state index contributed by atoms with van der Waals surface area (Å²) in [5, 5.41) is 9.45. The van der Waals surface area contributed by atoms with Crippen molar-refractivity contribution >= 4 is 23.5 Å². The van der Waals surface area contributed by atoms with Gasteiger partial charge in [0.25, 0.3) is 0 Å². The van der Waals surface area contributed by atoms with E-state index in [2.05, 4.69) is 0 Å². The number of benzene rings is 1. The molecule has 2 atom stereocenters. The normalized spacial score (nSPS) is 20.9. The Morgan fingerprint density at radius 3 is 2.68 bits per heavy atom. The Morgan fingerprint density at radius 1 is 1.42 bits per heavy atom. The highest BCUT2D eigenvalue weighted by Gasteiger charge is 2.46. The molecule has 0 aliphatic heterocycles. The molecule has 2 rings (SSSR count). The van der Waals surface area contributed by atoms with Gasteiger partial charge in [-0.15, -0.1) is 0 Å². The van der Waals surface area contributed by atoms with Crippen LogP contribution in [0.25, 0.3) is 0 Å². The van der Waals surface area contributed by atoms with Crippen LogP contribution < -0.4 is 0 Å². The highest BCUT2D eigenvalue weighted by molar-refractivity contribution is 6.31. The molecule has 1 aliphatic rings. The summed E-state index contributed by atoms with van der Waals surface area (Å²) < 4.78 is 0. The Bertz CT molecular complexity index is 503. The van der Waals surface area contributed by atoms with Gasteiger partial charge < -0.3 is 10.0 Å². The van der Waals surface area contributed by atoms with E-state index in [1.54, 1.807) is 6.92 Å². The minimum Gasteiger partial charge on any atom is -0.480 e. The molecular formula is C14H16ClNO3. The number of hydrogen-bond acceptors (Lipinski definition) is 2. The quantitative estimate of drug-likeness (QED) is 0.901. The third kappa shape index (κ3) is 3.07. The molecule has 0 saturated heterocycles. The fourth-order valence-corrected chi connectivity index (χ4v) is 2.61. The molecule has 1 fully saturated rings. The van der Waals surface area contributed by atoms with Crippen LogP contribution >= 0.6 is 11.6 Å². The summed E-state index contributed by atoms with van der Waals surface area (Å²) in [5.74, 6) is -1.07. The van der Waals surface area contributed by atoms with Crippen LogP contribution in [0.1, 0.15) is 24.8 Å². The second-order valence-electron chi connectivity index (χ2n) is 4.72. The number of aliphatic carboxylic acids is 1. The lowest BCUT2D eigenvalue weighted by atomic mass is 10.1. The summed E-state index contributed by atoms with van der Waals surface area (Å²) in [7, 11) is 0. The molecule has 0 aromatic heterocycles.